The van der Waals surface area contributed by atoms with Crippen LogP contribution in [0.25, 0.3) is 11.0 Å². The first kappa shape index (κ1) is 15.2. The molecule has 0 spiro atoms. The molecule has 1 amide bonds. The number of aromatic amines is 1. The lowest BCUT2D eigenvalue weighted by Crippen LogP contribution is -2.31. The van der Waals surface area contributed by atoms with Crippen molar-refractivity contribution in [1.29, 1.82) is 0 Å². The molecule has 1 aliphatic heterocycles. The highest BCUT2D eigenvalue weighted by atomic mass is 16.2. The van der Waals surface area contributed by atoms with Gasteiger partial charge in [-0.05, 0) is 49.1 Å². The zero-order valence-electron chi connectivity index (χ0n) is 14.5. The molecule has 26 heavy (non-hydrogen) atoms. The standard InChI is InChI=1S/C19H20N6O/c1-25-15-6-5-13(10-11(15)2-7-16(25)26)22-19-23-17-14(8-9-20-17)18(24-19)21-12-3-4-12/h5-6,8-10,12H,2-4,7H2,1H3,(H3,20,21,22,23,24). The van der Waals surface area contributed by atoms with Crippen LogP contribution < -0.4 is 15.5 Å². The number of carbonyl (C=O) groups excluding carboxylic acids is 1. The first-order chi connectivity index (χ1) is 12.7. The highest BCUT2D eigenvalue weighted by Crippen LogP contribution is 2.32. The van der Waals surface area contributed by atoms with Crippen LogP contribution in [-0.2, 0) is 11.2 Å². The molecule has 5 rings (SSSR count). The number of nitrogens with one attached hydrogen (secondary N) is 3. The molecule has 2 aromatic heterocycles. The minimum Gasteiger partial charge on any atom is -0.367 e. The number of hydrogen-bond acceptors (Lipinski definition) is 5. The largest absolute Gasteiger partial charge is 0.367 e. The molecule has 3 aromatic rings. The third kappa shape index (κ3) is 2.65. The molecule has 0 bridgehead atoms. The fourth-order valence-corrected chi connectivity index (χ4v) is 3.39. The maximum Gasteiger partial charge on any atom is 0.231 e. The van der Waals surface area contributed by atoms with E-state index in [0.717, 1.165) is 40.2 Å². The summed E-state index contributed by atoms with van der Waals surface area (Å²) in [5.41, 5.74) is 3.88. The Balaban J connectivity index is 1.46. The SMILES string of the molecule is CN1C(=O)CCc2cc(Nc3nc(NC4CC4)c4cc[nH]c4n3)ccc21. The van der Waals surface area contributed by atoms with Gasteiger partial charge in [-0.1, -0.05) is 0 Å². The van der Waals surface area contributed by atoms with Crippen LogP contribution in [0.4, 0.5) is 23.1 Å². The number of H-pyrrole nitrogens is 1. The molecule has 3 N–H and O–H groups in total. The Morgan fingerprint density at radius 2 is 2.08 bits per heavy atom. The lowest BCUT2D eigenvalue weighted by atomic mass is 10.0. The Hall–Kier alpha value is -3.09. The molecule has 1 aliphatic carbocycles. The minimum atomic E-state index is 0.162. The zero-order valence-corrected chi connectivity index (χ0v) is 14.5. The van der Waals surface area contributed by atoms with Crippen LogP contribution in [0.15, 0.2) is 30.5 Å². The van der Waals surface area contributed by atoms with Gasteiger partial charge in [0.25, 0.3) is 0 Å². The van der Waals surface area contributed by atoms with Crippen LogP contribution in [0, 0.1) is 0 Å². The van der Waals surface area contributed by atoms with E-state index in [1.165, 1.54) is 12.8 Å². The Morgan fingerprint density at radius 1 is 1.19 bits per heavy atom. The van der Waals surface area contributed by atoms with Crippen molar-refractivity contribution in [3.8, 4) is 0 Å². The lowest BCUT2D eigenvalue weighted by Gasteiger charge is -2.26. The molecular weight excluding hydrogens is 328 g/mol. The summed E-state index contributed by atoms with van der Waals surface area (Å²) in [5.74, 6) is 1.59. The fourth-order valence-electron chi connectivity index (χ4n) is 3.39. The second-order valence-corrected chi connectivity index (χ2v) is 6.98. The fraction of sp³-hybridized carbons (Fsp3) is 0.316. The van der Waals surface area contributed by atoms with E-state index in [-0.39, 0.29) is 5.91 Å². The van der Waals surface area contributed by atoms with Gasteiger partial charge in [0.2, 0.25) is 11.9 Å². The van der Waals surface area contributed by atoms with E-state index in [9.17, 15) is 4.79 Å². The summed E-state index contributed by atoms with van der Waals surface area (Å²) in [6.07, 6.45) is 5.57. The molecule has 0 radical (unpaired) electrons. The number of aryl methyl sites for hydroxylation is 1. The normalized spacial score (nSPS) is 16.7. The number of benzene rings is 1. The molecule has 7 heteroatoms. The van der Waals surface area contributed by atoms with E-state index in [0.29, 0.717) is 18.4 Å². The Kier molecular flexibility index (Phi) is 3.34. The molecule has 1 aromatic carbocycles. The Bertz CT molecular complexity index is 1010. The van der Waals surface area contributed by atoms with E-state index in [4.69, 9.17) is 0 Å². The first-order valence-corrected chi connectivity index (χ1v) is 8.95. The van der Waals surface area contributed by atoms with Gasteiger partial charge < -0.3 is 20.5 Å². The summed E-state index contributed by atoms with van der Waals surface area (Å²) in [6, 6.07) is 8.53. The summed E-state index contributed by atoms with van der Waals surface area (Å²) in [7, 11) is 1.82. The van der Waals surface area contributed by atoms with Crippen molar-refractivity contribution in [3.63, 3.8) is 0 Å². The summed E-state index contributed by atoms with van der Waals surface area (Å²) in [5, 5.41) is 7.79. The van der Waals surface area contributed by atoms with Gasteiger partial charge in [-0.25, -0.2) is 0 Å². The molecular formula is C19H20N6O. The first-order valence-electron chi connectivity index (χ1n) is 8.95. The minimum absolute atomic E-state index is 0.162. The number of fused-ring (bicyclic) bond motifs is 2. The number of anilines is 4. The van der Waals surface area contributed by atoms with Crippen LogP contribution in [0.3, 0.4) is 0 Å². The van der Waals surface area contributed by atoms with Crippen LogP contribution in [0.5, 0.6) is 0 Å². The molecule has 1 fully saturated rings. The van der Waals surface area contributed by atoms with Gasteiger partial charge in [-0.2, -0.15) is 9.97 Å². The molecule has 7 nitrogen and oxygen atoms in total. The predicted octanol–water partition coefficient (Wildman–Crippen LogP) is 3.18. The molecule has 0 atom stereocenters. The van der Waals surface area contributed by atoms with E-state index in [1.807, 2.05) is 31.4 Å². The average Bonchev–Trinajstić information content (AvgIpc) is 3.32. The van der Waals surface area contributed by atoms with Gasteiger partial charge in [0.05, 0.1) is 5.39 Å². The summed E-state index contributed by atoms with van der Waals surface area (Å²) in [6.45, 7) is 0. The van der Waals surface area contributed by atoms with Gasteiger partial charge in [-0.3, -0.25) is 4.79 Å². The number of carbonyl (C=O) groups is 1. The molecule has 0 saturated heterocycles. The quantitative estimate of drug-likeness (QED) is 0.674. The summed E-state index contributed by atoms with van der Waals surface area (Å²) >= 11 is 0. The third-order valence-electron chi connectivity index (χ3n) is 5.01. The van der Waals surface area contributed by atoms with Gasteiger partial charge >= 0.3 is 0 Å². The Labute approximate surface area is 150 Å². The van der Waals surface area contributed by atoms with E-state index >= 15 is 0 Å². The second kappa shape index (κ2) is 5.72. The monoisotopic (exact) mass is 348 g/mol. The van der Waals surface area contributed by atoms with Crippen LogP contribution >= 0.6 is 0 Å². The number of rotatable bonds is 4. The van der Waals surface area contributed by atoms with Crippen molar-refractivity contribution in [2.24, 2.45) is 0 Å². The lowest BCUT2D eigenvalue weighted by molar-refractivity contribution is -0.118. The average molecular weight is 348 g/mol. The number of aromatic nitrogens is 3. The van der Waals surface area contributed by atoms with E-state index < -0.39 is 0 Å². The highest BCUT2D eigenvalue weighted by Gasteiger charge is 2.23. The topological polar surface area (TPSA) is 85.9 Å². The zero-order chi connectivity index (χ0) is 17.7. The van der Waals surface area contributed by atoms with Gasteiger partial charge in [0, 0.05) is 37.1 Å². The maximum atomic E-state index is 11.8. The van der Waals surface area contributed by atoms with E-state index in [2.05, 4.69) is 31.7 Å². The van der Waals surface area contributed by atoms with Gasteiger partial charge in [-0.15, -0.1) is 0 Å². The van der Waals surface area contributed by atoms with E-state index in [1.54, 1.807) is 4.90 Å². The van der Waals surface area contributed by atoms with Crippen molar-refractivity contribution in [1.82, 2.24) is 15.0 Å². The third-order valence-corrected chi connectivity index (χ3v) is 5.01. The Morgan fingerprint density at radius 3 is 2.92 bits per heavy atom. The summed E-state index contributed by atoms with van der Waals surface area (Å²) in [4.78, 5) is 26.0. The number of amides is 1. The number of hydrogen-bond donors (Lipinski definition) is 3. The van der Waals surface area contributed by atoms with Crippen LogP contribution in [0.2, 0.25) is 0 Å². The van der Waals surface area contributed by atoms with Crippen molar-refractivity contribution in [3.05, 3.63) is 36.0 Å². The van der Waals surface area contributed by atoms with Crippen molar-refractivity contribution >= 4 is 40.1 Å². The van der Waals surface area contributed by atoms with Gasteiger partial charge in [0.15, 0.2) is 0 Å². The van der Waals surface area contributed by atoms with Crippen molar-refractivity contribution in [2.45, 2.75) is 31.7 Å². The maximum absolute atomic E-state index is 11.8. The van der Waals surface area contributed by atoms with Crippen LogP contribution in [-0.4, -0.2) is 33.9 Å². The molecule has 0 unspecified atom stereocenters. The molecule has 3 heterocycles. The molecule has 132 valence electrons. The smallest absolute Gasteiger partial charge is 0.231 e. The van der Waals surface area contributed by atoms with Gasteiger partial charge in [0.1, 0.15) is 11.5 Å². The second-order valence-electron chi connectivity index (χ2n) is 6.98. The number of nitrogens with zero attached hydrogens (tertiary/aromatic N) is 3. The van der Waals surface area contributed by atoms with Crippen molar-refractivity contribution < 1.29 is 4.79 Å². The van der Waals surface area contributed by atoms with Crippen LogP contribution in [0.1, 0.15) is 24.8 Å². The molecule has 1 saturated carbocycles. The molecule has 2 aliphatic rings. The predicted molar refractivity (Wildman–Crippen MR) is 102 cm³/mol. The highest BCUT2D eigenvalue weighted by molar-refractivity contribution is 5.96. The van der Waals surface area contributed by atoms with Crippen molar-refractivity contribution in [2.75, 3.05) is 22.6 Å². The summed E-state index contributed by atoms with van der Waals surface area (Å²) < 4.78 is 0.